The summed E-state index contributed by atoms with van der Waals surface area (Å²) in [6.45, 7) is 3.12. The molecule has 1 aliphatic carbocycles. The molecule has 0 radical (unpaired) electrons. The van der Waals surface area contributed by atoms with E-state index in [-0.39, 0.29) is 17.7 Å². The van der Waals surface area contributed by atoms with Crippen molar-refractivity contribution in [3.63, 3.8) is 0 Å². The van der Waals surface area contributed by atoms with Crippen LogP contribution >= 0.6 is 0 Å². The number of aliphatic carboxylic acids is 1. The lowest BCUT2D eigenvalue weighted by Crippen LogP contribution is -2.44. The highest BCUT2D eigenvalue weighted by molar-refractivity contribution is 5.80. The molecule has 16 heavy (non-hydrogen) atoms. The highest BCUT2D eigenvalue weighted by atomic mass is 16.4. The van der Waals surface area contributed by atoms with Crippen LogP contribution in [0.15, 0.2) is 0 Å². The molecule has 4 nitrogen and oxygen atoms in total. The average Bonchev–Trinajstić information content (AvgIpc) is 3.11. The monoisotopic (exact) mass is 225 g/mol. The fourth-order valence-corrected chi connectivity index (χ4v) is 2.46. The van der Waals surface area contributed by atoms with E-state index in [4.69, 9.17) is 5.11 Å². The Hall–Kier alpha value is -1.06. The zero-order valence-corrected chi connectivity index (χ0v) is 9.69. The second-order valence-corrected chi connectivity index (χ2v) is 5.09. The molecule has 1 unspecified atom stereocenters. The normalized spacial score (nSPS) is 27.6. The van der Waals surface area contributed by atoms with Gasteiger partial charge in [-0.2, -0.15) is 0 Å². The number of hydrogen-bond donors (Lipinski definition) is 1. The molecule has 1 saturated heterocycles. The summed E-state index contributed by atoms with van der Waals surface area (Å²) < 4.78 is 0. The number of nitrogens with zero attached hydrogens (tertiary/aromatic N) is 1. The number of carboxylic acid groups (broad SMARTS) is 1. The first-order valence-corrected chi connectivity index (χ1v) is 6.11. The fraction of sp³-hybridized carbons (Fsp3) is 0.833. The van der Waals surface area contributed by atoms with Gasteiger partial charge in [-0.1, -0.05) is 6.92 Å². The SMILES string of the molecule is CC(C(=O)N1CCC[C@@H](C(=O)O)C1)C1CC1. The van der Waals surface area contributed by atoms with Crippen molar-refractivity contribution in [1.29, 1.82) is 0 Å². The first-order valence-electron chi connectivity index (χ1n) is 6.11. The number of rotatable bonds is 3. The van der Waals surface area contributed by atoms with E-state index in [0.29, 0.717) is 18.9 Å². The van der Waals surface area contributed by atoms with E-state index in [9.17, 15) is 9.59 Å². The summed E-state index contributed by atoms with van der Waals surface area (Å²) in [4.78, 5) is 24.7. The largest absolute Gasteiger partial charge is 0.481 e. The third kappa shape index (κ3) is 2.36. The molecule has 2 atom stereocenters. The Morgan fingerprint density at radius 1 is 1.31 bits per heavy atom. The van der Waals surface area contributed by atoms with Gasteiger partial charge >= 0.3 is 5.97 Å². The molecule has 0 aromatic carbocycles. The first kappa shape index (κ1) is 11.4. The lowest BCUT2D eigenvalue weighted by Gasteiger charge is -2.32. The summed E-state index contributed by atoms with van der Waals surface area (Å²) in [6, 6.07) is 0. The molecule has 4 heteroatoms. The summed E-state index contributed by atoms with van der Waals surface area (Å²) >= 11 is 0. The number of carbonyl (C=O) groups excluding carboxylic acids is 1. The third-order valence-electron chi connectivity index (χ3n) is 3.80. The van der Waals surface area contributed by atoms with E-state index in [1.807, 2.05) is 6.92 Å². The van der Waals surface area contributed by atoms with E-state index in [0.717, 1.165) is 25.8 Å². The maximum absolute atomic E-state index is 12.1. The van der Waals surface area contributed by atoms with Crippen molar-refractivity contribution in [2.24, 2.45) is 17.8 Å². The molecule has 0 aromatic heterocycles. The smallest absolute Gasteiger partial charge is 0.308 e. The molecule has 0 spiro atoms. The van der Waals surface area contributed by atoms with E-state index in [1.54, 1.807) is 4.90 Å². The Labute approximate surface area is 95.6 Å². The van der Waals surface area contributed by atoms with Gasteiger partial charge in [0.1, 0.15) is 0 Å². The van der Waals surface area contributed by atoms with Crippen molar-refractivity contribution in [2.75, 3.05) is 13.1 Å². The molecule has 0 bridgehead atoms. The van der Waals surface area contributed by atoms with Crippen LogP contribution in [0.25, 0.3) is 0 Å². The molecule has 1 heterocycles. The minimum absolute atomic E-state index is 0.0903. The highest BCUT2D eigenvalue weighted by Gasteiger charge is 2.37. The molecule has 2 rings (SSSR count). The number of piperidine rings is 1. The van der Waals surface area contributed by atoms with Crippen molar-refractivity contribution in [3.05, 3.63) is 0 Å². The quantitative estimate of drug-likeness (QED) is 0.789. The van der Waals surface area contributed by atoms with Gasteiger partial charge in [-0.25, -0.2) is 0 Å². The third-order valence-corrected chi connectivity index (χ3v) is 3.80. The maximum Gasteiger partial charge on any atom is 0.308 e. The van der Waals surface area contributed by atoms with Crippen molar-refractivity contribution in [1.82, 2.24) is 4.90 Å². The van der Waals surface area contributed by atoms with Gasteiger partial charge in [0.05, 0.1) is 5.92 Å². The van der Waals surface area contributed by atoms with E-state index in [2.05, 4.69) is 0 Å². The van der Waals surface area contributed by atoms with Crippen molar-refractivity contribution in [3.8, 4) is 0 Å². The summed E-state index contributed by atoms with van der Waals surface area (Å²) in [5, 5.41) is 8.96. The second kappa shape index (κ2) is 4.44. The van der Waals surface area contributed by atoms with Crippen LogP contribution in [0.1, 0.15) is 32.6 Å². The number of carboxylic acids is 1. The van der Waals surface area contributed by atoms with Crippen LogP contribution in [0.4, 0.5) is 0 Å². The maximum atomic E-state index is 12.1. The van der Waals surface area contributed by atoms with Gasteiger partial charge in [0.2, 0.25) is 5.91 Å². The highest BCUT2D eigenvalue weighted by Crippen LogP contribution is 2.37. The van der Waals surface area contributed by atoms with Crippen molar-refractivity contribution < 1.29 is 14.7 Å². The predicted octanol–water partition coefficient (Wildman–Crippen LogP) is 1.36. The molecular formula is C12H19NO3. The van der Waals surface area contributed by atoms with E-state index < -0.39 is 5.97 Å². The molecule has 2 fully saturated rings. The van der Waals surface area contributed by atoms with Gasteiger partial charge in [0.15, 0.2) is 0 Å². The molecular weight excluding hydrogens is 206 g/mol. The Bertz CT molecular complexity index is 299. The zero-order valence-electron chi connectivity index (χ0n) is 9.69. The second-order valence-electron chi connectivity index (χ2n) is 5.09. The Morgan fingerprint density at radius 3 is 2.56 bits per heavy atom. The minimum atomic E-state index is -0.767. The van der Waals surface area contributed by atoms with Crippen LogP contribution in [0, 0.1) is 17.8 Å². The molecule has 1 aliphatic heterocycles. The van der Waals surface area contributed by atoms with Gasteiger partial charge in [0.25, 0.3) is 0 Å². The topological polar surface area (TPSA) is 57.6 Å². The Morgan fingerprint density at radius 2 is 2.00 bits per heavy atom. The van der Waals surface area contributed by atoms with Crippen molar-refractivity contribution >= 4 is 11.9 Å². The van der Waals surface area contributed by atoms with Gasteiger partial charge in [-0.15, -0.1) is 0 Å². The van der Waals surface area contributed by atoms with E-state index >= 15 is 0 Å². The van der Waals surface area contributed by atoms with Crippen LogP contribution in [0.5, 0.6) is 0 Å². The summed E-state index contributed by atoms with van der Waals surface area (Å²) in [5.41, 5.74) is 0. The molecule has 0 aromatic rings. The van der Waals surface area contributed by atoms with Crippen LogP contribution in [-0.2, 0) is 9.59 Å². The van der Waals surface area contributed by atoms with Crippen LogP contribution < -0.4 is 0 Å². The van der Waals surface area contributed by atoms with Gasteiger partial charge in [-0.3, -0.25) is 9.59 Å². The average molecular weight is 225 g/mol. The molecule has 2 aliphatic rings. The Balaban J connectivity index is 1.92. The number of hydrogen-bond acceptors (Lipinski definition) is 2. The molecule has 1 amide bonds. The number of carbonyl (C=O) groups is 2. The Kier molecular flexibility index (Phi) is 3.17. The molecule has 90 valence electrons. The first-order chi connectivity index (χ1) is 7.59. The fourth-order valence-electron chi connectivity index (χ4n) is 2.46. The van der Waals surface area contributed by atoms with Crippen molar-refractivity contribution in [2.45, 2.75) is 32.6 Å². The number of amides is 1. The lowest BCUT2D eigenvalue weighted by molar-refractivity contribution is -0.146. The minimum Gasteiger partial charge on any atom is -0.481 e. The number of likely N-dealkylation sites (tertiary alicyclic amines) is 1. The summed E-state index contributed by atoms with van der Waals surface area (Å²) in [7, 11) is 0. The zero-order chi connectivity index (χ0) is 11.7. The van der Waals surface area contributed by atoms with Crippen LogP contribution in [0.3, 0.4) is 0 Å². The molecule has 1 saturated carbocycles. The van der Waals surface area contributed by atoms with Gasteiger partial charge in [-0.05, 0) is 31.6 Å². The summed E-state index contributed by atoms with van der Waals surface area (Å²) in [6.07, 6.45) is 3.84. The predicted molar refractivity (Wildman–Crippen MR) is 58.8 cm³/mol. The standard InChI is InChI=1S/C12H19NO3/c1-8(9-4-5-9)11(14)13-6-2-3-10(7-13)12(15)16/h8-10H,2-7H2,1H3,(H,15,16)/t8?,10-/m1/s1. The van der Waals surface area contributed by atoms with E-state index in [1.165, 1.54) is 0 Å². The van der Waals surface area contributed by atoms with Crippen LogP contribution in [0.2, 0.25) is 0 Å². The lowest BCUT2D eigenvalue weighted by atomic mass is 9.96. The van der Waals surface area contributed by atoms with Crippen LogP contribution in [-0.4, -0.2) is 35.0 Å². The van der Waals surface area contributed by atoms with Gasteiger partial charge in [0, 0.05) is 19.0 Å². The van der Waals surface area contributed by atoms with Gasteiger partial charge < -0.3 is 10.0 Å². The summed E-state index contributed by atoms with van der Waals surface area (Å²) in [5.74, 6) is -0.320. The molecule has 1 N–H and O–H groups in total.